The van der Waals surface area contributed by atoms with Crippen molar-refractivity contribution in [3.05, 3.63) is 0 Å². The quantitative estimate of drug-likeness (QED) is 0.547. The number of alkyl halides is 3. The zero-order chi connectivity index (χ0) is 19.7. The maximum Gasteiger partial charge on any atom is 0.490 e. The minimum atomic E-state index is -5.08. The van der Waals surface area contributed by atoms with Gasteiger partial charge < -0.3 is 21.3 Å². The zero-order valence-electron chi connectivity index (χ0n) is 14.1. The number of carboxylic acids is 2. The molecule has 3 atom stereocenters. The Morgan fingerprint density at radius 1 is 1.12 bits per heavy atom. The smallest absolute Gasteiger partial charge is 0.480 e. The van der Waals surface area contributed by atoms with Crippen LogP contribution in [0.3, 0.4) is 0 Å². The second kappa shape index (κ2) is 10.8. The fourth-order valence-electron chi connectivity index (χ4n) is 1.47. The van der Waals surface area contributed by atoms with Gasteiger partial charge in [-0.05, 0) is 18.3 Å². The van der Waals surface area contributed by atoms with Crippen molar-refractivity contribution in [1.29, 1.82) is 0 Å². The molecule has 0 radical (unpaired) electrons. The standard InChI is InChI=1S/C12H24N2O3.C2HF3O2/c1-5-8(4)10(13)11(15)14-9(12(16)17)6-7(2)3;3-2(4,5)1(6)7/h7-10H,5-6,13H2,1-4H3,(H,14,15)(H,16,17);(H,6,7)/t8-,9-,10-;/m0./s1. The number of amides is 1. The molecule has 0 unspecified atom stereocenters. The first-order valence-electron chi connectivity index (χ1n) is 7.32. The number of halogens is 3. The molecule has 24 heavy (non-hydrogen) atoms. The summed E-state index contributed by atoms with van der Waals surface area (Å²) in [5, 5.41) is 18.6. The van der Waals surface area contributed by atoms with Gasteiger partial charge >= 0.3 is 18.1 Å². The molecule has 0 aliphatic carbocycles. The van der Waals surface area contributed by atoms with Crippen molar-refractivity contribution in [2.75, 3.05) is 0 Å². The molecule has 0 bridgehead atoms. The van der Waals surface area contributed by atoms with Gasteiger partial charge in [-0.2, -0.15) is 13.2 Å². The SMILES string of the molecule is CC[C@H](C)[C@H](N)C(=O)N[C@@H](CC(C)C)C(=O)O.O=C(O)C(F)(F)F. The molecule has 0 aromatic rings. The van der Waals surface area contributed by atoms with E-state index >= 15 is 0 Å². The fraction of sp³-hybridized carbons (Fsp3) is 0.786. The molecule has 0 aromatic carbocycles. The van der Waals surface area contributed by atoms with Crippen LogP contribution in [0, 0.1) is 11.8 Å². The highest BCUT2D eigenvalue weighted by Gasteiger charge is 2.38. The molecule has 10 heteroatoms. The first-order valence-corrected chi connectivity index (χ1v) is 7.32. The highest BCUT2D eigenvalue weighted by molar-refractivity contribution is 5.86. The highest BCUT2D eigenvalue weighted by atomic mass is 19.4. The van der Waals surface area contributed by atoms with Gasteiger partial charge in [0.25, 0.3) is 0 Å². The molecule has 0 rings (SSSR count). The summed E-state index contributed by atoms with van der Waals surface area (Å²) >= 11 is 0. The Hall–Kier alpha value is -1.84. The third-order valence-electron chi connectivity index (χ3n) is 3.12. The Balaban J connectivity index is 0. The van der Waals surface area contributed by atoms with Crippen LogP contribution in [0.15, 0.2) is 0 Å². The van der Waals surface area contributed by atoms with Crippen LogP contribution < -0.4 is 11.1 Å². The van der Waals surface area contributed by atoms with Crippen molar-refractivity contribution in [2.45, 2.75) is 58.8 Å². The topological polar surface area (TPSA) is 130 Å². The van der Waals surface area contributed by atoms with Gasteiger partial charge in [0.2, 0.25) is 5.91 Å². The summed E-state index contributed by atoms with van der Waals surface area (Å²) < 4.78 is 31.7. The number of carboxylic acid groups (broad SMARTS) is 2. The number of nitrogens with one attached hydrogen (secondary N) is 1. The number of rotatable bonds is 7. The maximum atomic E-state index is 11.7. The van der Waals surface area contributed by atoms with Crippen LogP contribution in [-0.2, 0) is 14.4 Å². The first-order chi connectivity index (χ1) is 10.7. The lowest BCUT2D eigenvalue weighted by Gasteiger charge is -2.22. The fourth-order valence-corrected chi connectivity index (χ4v) is 1.47. The summed E-state index contributed by atoms with van der Waals surface area (Å²) in [4.78, 5) is 31.6. The Bertz CT molecular complexity index is 427. The molecular weight excluding hydrogens is 333 g/mol. The highest BCUT2D eigenvalue weighted by Crippen LogP contribution is 2.13. The van der Waals surface area contributed by atoms with E-state index in [1.54, 1.807) is 0 Å². The van der Waals surface area contributed by atoms with E-state index in [1.165, 1.54) is 0 Å². The number of carbonyl (C=O) groups excluding carboxylic acids is 1. The minimum Gasteiger partial charge on any atom is -0.480 e. The molecule has 0 fully saturated rings. The summed E-state index contributed by atoms with van der Waals surface area (Å²) in [6.07, 6.45) is -3.88. The molecule has 0 saturated carbocycles. The number of hydrogen-bond acceptors (Lipinski definition) is 4. The largest absolute Gasteiger partial charge is 0.490 e. The van der Waals surface area contributed by atoms with E-state index in [0.717, 1.165) is 6.42 Å². The van der Waals surface area contributed by atoms with Gasteiger partial charge in [0.15, 0.2) is 0 Å². The number of aliphatic carboxylic acids is 2. The number of carbonyl (C=O) groups is 3. The molecule has 0 spiro atoms. The van der Waals surface area contributed by atoms with Crippen LogP contribution in [0.25, 0.3) is 0 Å². The van der Waals surface area contributed by atoms with Crippen LogP contribution in [0.4, 0.5) is 13.2 Å². The van der Waals surface area contributed by atoms with Gasteiger partial charge in [0.05, 0.1) is 6.04 Å². The van der Waals surface area contributed by atoms with E-state index < -0.39 is 30.2 Å². The lowest BCUT2D eigenvalue weighted by molar-refractivity contribution is -0.192. The Labute approximate surface area is 138 Å². The van der Waals surface area contributed by atoms with E-state index in [9.17, 15) is 22.8 Å². The zero-order valence-corrected chi connectivity index (χ0v) is 14.1. The summed E-state index contributed by atoms with van der Waals surface area (Å²) in [6.45, 7) is 7.65. The van der Waals surface area contributed by atoms with Crippen LogP contribution in [0.5, 0.6) is 0 Å². The van der Waals surface area contributed by atoms with E-state index in [-0.39, 0.29) is 17.7 Å². The maximum absolute atomic E-state index is 11.7. The van der Waals surface area contributed by atoms with Crippen LogP contribution in [0.2, 0.25) is 0 Å². The molecule has 0 aliphatic heterocycles. The van der Waals surface area contributed by atoms with Crippen LogP contribution in [0.1, 0.15) is 40.5 Å². The van der Waals surface area contributed by atoms with Crippen molar-refractivity contribution >= 4 is 17.8 Å². The van der Waals surface area contributed by atoms with Crippen molar-refractivity contribution in [3.8, 4) is 0 Å². The molecule has 1 amide bonds. The monoisotopic (exact) mass is 358 g/mol. The van der Waals surface area contributed by atoms with Gasteiger partial charge in [0, 0.05) is 0 Å². The lowest BCUT2D eigenvalue weighted by Crippen LogP contribution is -2.51. The first kappa shape index (κ1) is 24.4. The molecule has 5 N–H and O–H groups in total. The second-order valence-corrected chi connectivity index (χ2v) is 5.74. The summed E-state index contributed by atoms with van der Waals surface area (Å²) in [5.74, 6) is -3.90. The van der Waals surface area contributed by atoms with E-state index in [1.807, 2.05) is 27.7 Å². The van der Waals surface area contributed by atoms with Gasteiger partial charge in [-0.1, -0.05) is 34.1 Å². The summed E-state index contributed by atoms with van der Waals surface area (Å²) in [6, 6.07) is -1.49. The van der Waals surface area contributed by atoms with E-state index in [2.05, 4.69) is 5.32 Å². The van der Waals surface area contributed by atoms with Crippen LogP contribution in [-0.4, -0.2) is 46.3 Å². The average Bonchev–Trinajstić information content (AvgIpc) is 2.43. The van der Waals surface area contributed by atoms with Gasteiger partial charge in [-0.15, -0.1) is 0 Å². The van der Waals surface area contributed by atoms with Gasteiger partial charge in [0.1, 0.15) is 6.04 Å². The molecule has 0 heterocycles. The Morgan fingerprint density at radius 2 is 1.54 bits per heavy atom. The second-order valence-electron chi connectivity index (χ2n) is 5.74. The normalized spacial score (nSPS) is 14.9. The predicted octanol–water partition coefficient (Wildman–Crippen LogP) is 1.61. The lowest BCUT2D eigenvalue weighted by atomic mass is 9.98. The molecular formula is C14H25F3N2O5. The third kappa shape index (κ3) is 10.8. The van der Waals surface area contributed by atoms with Gasteiger partial charge in [-0.25, -0.2) is 9.59 Å². The van der Waals surface area contributed by atoms with Crippen molar-refractivity contribution in [2.24, 2.45) is 17.6 Å². The molecule has 7 nitrogen and oxygen atoms in total. The van der Waals surface area contributed by atoms with Crippen LogP contribution >= 0.6 is 0 Å². The van der Waals surface area contributed by atoms with Crippen molar-refractivity contribution in [3.63, 3.8) is 0 Å². The van der Waals surface area contributed by atoms with Crippen molar-refractivity contribution < 1.29 is 37.8 Å². The average molecular weight is 358 g/mol. The van der Waals surface area contributed by atoms with Gasteiger partial charge in [-0.3, -0.25) is 4.79 Å². The predicted molar refractivity (Wildman–Crippen MR) is 80.1 cm³/mol. The Morgan fingerprint density at radius 3 is 1.79 bits per heavy atom. The minimum absolute atomic E-state index is 0.0449. The van der Waals surface area contributed by atoms with E-state index in [4.69, 9.17) is 20.7 Å². The molecule has 0 aliphatic rings. The molecule has 142 valence electrons. The Kier molecular flexibility index (Phi) is 11.0. The number of nitrogens with two attached hydrogens (primary N) is 1. The number of hydrogen-bond donors (Lipinski definition) is 4. The molecule has 0 aromatic heterocycles. The summed E-state index contributed by atoms with van der Waals surface area (Å²) in [7, 11) is 0. The van der Waals surface area contributed by atoms with Crippen molar-refractivity contribution in [1.82, 2.24) is 5.32 Å². The third-order valence-corrected chi connectivity index (χ3v) is 3.12. The molecule has 0 saturated heterocycles. The van der Waals surface area contributed by atoms with E-state index in [0.29, 0.717) is 6.42 Å². The summed E-state index contributed by atoms with van der Waals surface area (Å²) in [5.41, 5.74) is 5.75.